The summed E-state index contributed by atoms with van der Waals surface area (Å²) in [6.07, 6.45) is -4.40. The van der Waals surface area contributed by atoms with Crippen LogP contribution in [-0.4, -0.2) is 44.1 Å². The molecule has 0 radical (unpaired) electrons. The van der Waals surface area contributed by atoms with Gasteiger partial charge in [0.25, 0.3) is 5.91 Å². The molecule has 7 heteroatoms. The van der Waals surface area contributed by atoms with E-state index in [0.717, 1.165) is 6.07 Å². The quantitative estimate of drug-likeness (QED) is 0.833. The van der Waals surface area contributed by atoms with Crippen LogP contribution in [0.15, 0.2) is 48.5 Å². The molecule has 1 aliphatic rings. The Kier molecular flexibility index (Phi) is 5.06. The molecule has 0 unspecified atom stereocenters. The van der Waals surface area contributed by atoms with E-state index in [4.69, 9.17) is 4.74 Å². The number of carbonyl (C=O) groups excluding carboxylic acids is 1. The summed E-state index contributed by atoms with van der Waals surface area (Å²) in [5.74, 6) is 0.446. The van der Waals surface area contributed by atoms with Crippen LogP contribution in [0.4, 0.5) is 18.9 Å². The fourth-order valence-corrected chi connectivity index (χ4v) is 3.08. The van der Waals surface area contributed by atoms with Crippen LogP contribution in [0.2, 0.25) is 0 Å². The Balaban J connectivity index is 1.71. The third-order valence-corrected chi connectivity index (χ3v) is 4.43. The highest BCUT2D eigenvalue weighted by Gasteiger charge is 2.35. The molecule has 2 aromatic carbocycles. The molecule has 0 atom stereocenters. The Bertz CT molecular complexity index is 784. The highest BCUT2D eigenvalue weighted by Crippen LogP contribution is 2.36. The van der Waals surface area contributed by atoms with Crippen LogP contribution in [0.3, 0.4) is 0 Å². The number of amides is 1. The second-order valence-electron chi connectivity index (χ2n) is 6.03. The SMILES string of the molecule is COc1cccc(C(=O)N2CCN(c3ccccc3C(F)(F)F)CC2)c1. The average Bonchev–Trinajstić information content (AvgIpc) is 2.67. The van der Waals surface area contributed by atoms with Crippen molar-refractivity contribution in [3.63, 3.8) is 0 Å². The molecule has 3 rings (SSSR count). The molecule has 1 heterocycles. The average molecular weight is 364 g/mol. The summed E-state index contributed by atoms with van der Waals surface area (Å²) in [4.78, 5) is 15.9. The monoisotopic (exact) mass is 364 g/mol. The molecule has 0 aromatic heterocycles. The van der Waals surface area contributed by atoms with Gasteiger partial charge in [-0.15, -0.1) is 0 Å². The van der Waals surface area contributed by atoms with E-state index in [1.165, 1.54) is 19.2 Å². The number of nitrogens with zero attached hydrogens (tertiary/aromatic N) is 2. The number of hydrogen-bond donors (Lipinski definition) is 0. The predicted octanol–water partition coefficient (Wildman–Crippen LogP) is 3.68. The lowest BCUT2D eigenvalue weighted by Crippen LogP contribution is -2.49. The van der Waals surface area contributed by atoms with Crippen LogP contribution in [0.1, 0.15) is 15.9 Å². The number of carbonyl (C=O) groups is 1. The molecule has 2 aromatic rings. The molecule has 1 amide bonds. The maximum absolute atomic E-state index is 13.2. The van der Waals surface area contributed by atoms with E-state index in [1.807, 2.05) is 0 Å². The first-order valence-electron chi connectivity index (χ1n) is 8.24. The normalized spacial score (nSPS) is 15.1. The minimum atomic E-state index is -4.40. The second-order valence-corrected chi connectivity index (χ2v) is 6.03. The number of methoxy groups -OCH3 is 1. The summed E-state index contributed by atoms with van der Waals surface area (Å²) in [5, 5.41) is 0. The Morgan fingerprint density at radius 3 is 2.35 bits per heavy atom. The number of ether oxygens (including phenoxy) is 1. The van der Waals surface area contributed by atoms with Crippen molar-refractivity contribution < 1.29 is 22.7 Å². The van der Waals surface area contributed by atoms with Crippen LogP contribution in [0.25, 0.3) is 0 Å². The minimum absolute atomic E-state index is 0.146. The standard InChI is InChI=1S/C19H19F3N2O2/c1-26-15-6-4-5-14(13-15)18(25)24-11-9-23(10-12-24)17-8-3-2-7-16(17)19(20,21)22/h2-8,13H,9-12H2,1H3. The molecule has 0 bridgehead atoms. The van der Waals surface area contributed by atoms with Crippen LogP contribution < -0.4 is 9.64 Å². The van der Waals surface area contributed by atoms with Gasteiger partial charge in [0.15, 0.2) is 0 Å². The van der Waals surface area contributed by atoms with Gasteiger partial charge in [-0.3, -0.25) is 4.79 Å². The van der Waals surface area contributed by atoms with E-state index < -0.39 is 11.7 Å². The Labute approximate surface area is 149 Å². The summed E-state index contributed by atoms with van der Waals surface area (Å²) in [6.45, 7) is 1.43. The number of piperazine rings is 1. The third-order valence-electron chi connectivity index (χ3n) is 4.43. The number of anilines is 1. The predicted molar refractivity (Wildman–Crippen MR) is 92.6 cm³/mol. The smallest absolute Gasteiger partial charge is 0.418 e. The number of halogens is 3. The lowest BCUT2D eigenvalue weighted by Gasteiger charge is -2.37. The minimum Gasteiger partial charge on any atom is -0.497 e. The van der Waals surface area contributed by atoms with Crippen molar-refractivity contribution in [2.45, 2.75) is 6.18 Å². The highest BCUT2D eigenvalue weighted by molar-refractivity contribution is 5.94. The topological polar surface area (TPSA) is 32.8 Å². The lowest BCUT2D eigenvalue weighted by atomic mass is 10.1. The molecule has 26 heavy (non-hydrogen) atoms. The summed E-state index contributed by atoms with van der Waals surface area (Å²) in [7, 11) is 1.53. The molecular weight excluding hydrogens is 345 g/mol. The van der Waals surface area contributed by atoms with Crippen molar-refractivity contribution in [1.29, 1.82) is 0 Å². The summed E-state index contributed by atoms with van der Waals surface area (Å²) in [6, 6.07) is 12.4. The molecule has 138 valence electrons. The summed E-state index contributed by atoms with van der Waals surface area (Å²) >= 11 is 0. The molecule has 0 aliphatic carbocycles. The molecule has 4 nitrogen and oxygen atoms in total. The highest BCUT2D eigenvalue weighted by atomic mass is 19.4. The van der Waals surface area contributed by atoms with Crippen molar-refractivity contribution in [2.24, 2.45) is 0 Å². The van der Waals surface area contributed by atoms with Gasteiger partial charge in [-0.2, -0.15) is 13.2 Å². The van der Waals surface area contributed by atoms with Gasteiger partial charge in [-0.05, 0) is 30.3 Å². The first kappa shape index (κ1) is 18.1. The second kappa shape index (κ2) is 7.27. The number of alkyl halides is 3. The van der Waals surface area contributed by atoms with Gasteiger partial charge in [-0.1, -0.05) is 18.2 Å². The molecule has 0 spiro atoms. The summed E-state index contributed by atoms with van der Waals surface area (Å²) < 4.78 is 44.7. The third kappa shape index (κ3) is 3.76. The Hall–Kier alpha value is -2.70. The van der Waals surface area contributed by atoms with Crippen molar-refractivity contribution in [2.75, 3.05) is 38.2 Å². The number of benzene rings is 2. The zero-order valence-corrected chi connectivity index (χ0v) is 14.3. The fourth-order valence-electron chi connectivity index (χ4n) is 3.08. The zero-order chi connectivity index (χ0) is 18.7. The van der Waals surface area contributed by atoms with E-state index in [-0.39, 0.29) is 11.6 Å². The van der Waals surface area contributed by atoms with E-state index in [2.05, 4.69) is 0 Å². The zero-order valence-electron chi connectivity index (χ0n) is 14.3. The van der Waals surface area contributed by atoms with Gasteiger partial charge in [0.05, 0.1) is 12.7 Å². The maximum atomic E-state index is 13.2. The lowest BCUT2D eigenvalue weighted by molar-refractivity contribution is -0.137. The first-order chi connectivity index (χ1) is 12.4. The molecule has 0 saturated carbocycles. The Morgan fingerprint density at radius 1 is 1.00 bits per heavy atom. The number of para-hydroxylation sites is 1. The van der Waals surface area contributed by atoms with Crippen molar-refractivity contribution >= 4 is 11.6 Å². The van der Waals surface area contributed by atoms with Crippen LogP contribution in [0.5, 0.6) is 5.75 Å². The van der Waals surface area contributed by atoms with E-state index in [1.54, 1.807) is 40.1 Å². The van der Waals surface area contributed by atoms with Gasteiger partial charge >= 0.3 is 6.18 Å². The largest absolute Gasteiger partial charge is 0.497 e. The molecule has 1 fully saturated rings. The van der Waals surface area contributed by atoms with Gasteiger partial charge in [0, 0.05) is 37.4 Å². The van der Waals surface area contributed by atoms with Crippen molar-refractivity contribution in [1.82, 2.24) is 4.90 Å². The van der Waals surface area contributed by atoms with Gasteiger partial charge < -0.3 is 14.5 Å². The molecular formula is C19H19F3N2O2. The van der Waals surface area contributed by atoms with Gasteiger partial charge in [-0.25, -0.2) is 0 Å². The van der Waals surface area contributed by atoms with Gasteiger partial charge in [0.2, 0.25) is 0 Å². The summed E-state index contributed by atoms with van der Waals surface area (Å²) in [5.41, 5.74) is 0.0227. The number of hydrogen-bond acceptors (Lipinski definition) is 3. The fraction of sp³-hybridized carbons (Fsp3) is 0.316. The van der Waals surface area contributed by atoms with E-state index in [9.17, 15) is 18.0 Å². The number of rotatable bonds is 3. The van der Waals surface area contributed by atoms with Crippen molar-refractivity contribution in [3.8, 4) is 5.75 Å². The van der Waals surface area contributed by atoms with Gasteiger partial charge in [0.1, 0.15) is 5.75 Å². The van der Waals surface area contributed by atoms with Crippen LogP contribution >= 0.6 is 0 Å². The molecule has 1 saturated heterocycles. The molecule has 1 aliphatic heterocycles. The maximum Gasteiger partial charge on any atom is 0.418 e. The molecule has 0 N–H and O–H groups in total. The van der Waals surface area contributed by atoms with Crippen molar-refractivity contribution in [3.05, 3.63) is 59.7 Å². The first-order valence-corrected chi connectivity index (χ1v) is 8.24. The van der Waals surface area contributed by atoms with E-state index >= 15 is 0 Å². The van der Waals surface area contributed by atoms with E-state index in [0.29, 0.717) is 37.5 Å². The van der Waals surface area contributed by atoms with Crippen LogP contribution in [0, 0.1) is 0 Å². The Morgan fingerprint density at radius 2 is 1.69 bits per heavy atom. The van der Waals surface area contributed by atoms with Crippen LogP contribution in [-0.2, 0) is 6.18 Å².